The van der Waals surface area contributed by atoms with E-state index in [1.807, 2.05) is 36.4 Å². The van der Waals surface area contributed by atoms with Gasteiger partial charge in [-0.3, -0.25) is 4.79 Å². The fraction of sp³-hybridized carbons (Fsp3) is 0.280. The van der Waals surface area contributed by atoms with E-state index in [-0.39, 0.29) is 11.9 Å². The lowest BCUT2D eigenvalue weighted by Crippen LogP contribution is -2.43. The van der Waals surface area contributed by atoms with E-state index >= 15 is 0 Å². The Labute approximate surface area is 181 Å². The predicted octanol–water partition coefficient (Wildman–Crippen LogP) is 2.27. The van der Waals surface area contributed by atoms with Crippen molar-refractivity contribution in [1.29, 1.82) is 0 Å². The average Bonchev–Trinajstić information content (AvgIpc) is 2.77. The molecule has 1 fully saturated rings. The molecule has 0 saturated heterocycles. The Kier molecular flexibility index (Phi) is 6.46. The van der Waals surface area contributed by atoms with Gasteiger partial charge in [0.15, 0.2) is 0 Å². The van der Waals surface area contributed by atoms with Crippen molar-refractivity contribution < 1.29 is 10.2 Å². The van der Waals surface area contributed by atoms with E-state index in [0.717, 1.165) is 36.1 Å². The predicted molar refractivity (Wildman–Crippen MR) is 119 cm³/mol. The fourth-order valence-corrected chi connectivity index (χ4v) is 3.50. The Balaban J connectivity index is 1.30. The van der Waals surface area contributed by atoms with Gasteiger partial charge in [0.1, 0.15) is 0 Å². The molecule has 2 aromatic carbocycles. The average molecular weight is 415 g/mol. The Bertz CT molecular complexity index is 1140. The summed E-state index contributed by atoms with van der Waals surface area (Å²) in [5, 5.41) is 22.5. The number of nitrogens with zero attached hydrogens (tertiary/aromatic N) is 1. The van der Waals surface area contributed by atoms with Crippen molar-refractivity contribution in [1.82, 2.24) is 15.3 Å². The highest BCUT2D eigenvalue weighted by atomic mass is 16.3. The second-order valence-electron chi connectivity index (χ2n) is 7.87. The smallest absolute Gasteiger partial charge is 0.293 e. The van der Waals surface area contributed by atoms with E-state index in [2.05, 4.69) is 39.3 Å². The Morgan fingerprint density at radius 1 is 0.968 bits per heavy atom. The minimum atomic E-state index is -0.516. The van der Waals surface area contributed by atoms with Gasteiger partial charge in [-0.1, -0.05) is 36.1 Å². The number of aromatic amines is 1. The number of aryl methyl sites for hydroxylation is 2. The third kappa shape index (κ3) is 5.60. The summed E-state index contributed by atoms with van der Waals surface area (Å²) < 4.78 is 0. The molecule has 1 aliphatic rings. The molecule has 31 heavy (non-hydrogen) atoms. The first kappa shape index (κ1) is 20.9. The number of hydrogen-bond donors (Lipinski definition) is 4. The first-order valence-corrected chi connectivity index (χ1v) is 10.4. The first-order chi connectivity index (χ1) is 15.1. The van der Waals surface area contributed by atoms with Crippen LogP contribution < -0.4 is 10.9 Å². The monoisotopic (exact) mass is 415 g/mol. The zero-order valence-corrected chi connectivity index (χ0v) is 17.1. The van der Waals surface area contributed by atoms with Gasteiger partial charge in [0.05, 0.1) is 18.1 Å². The molecule has 1 aliphatic carbocycles. The van der Waals surface area contributed by atoms with Crippen LogP contribution in [0.1, 0.15) is 40.8 Å². The molecule has 3 aromatic rings. The number of aromatic nitrogens is 2. The first-order valence-electron chi connectivity index (χ1n) is 10.4. The lowest BCUT2D eigenvalue weighted by Gasteiger charge is -2.32. The van der Waals surface area contributed by atoms with Gasteiger partial charge < -0.3 is 20.5 Å². The molecule has 0 aliphatic heterocycles. The van der Waals surface area contributed by atoms with Crippen LogP contribution in [-0.2, 0) is 19.4 Å². The second kappa shape index (κ2) is 9.61. The summed E-state index contributed by atoms with van der Waals surface area (Å²) >= 11 is 0. The Morgan fingerprint density at radius 2 is 1.58 bits per heavy atom. The third-order valence-electron chi connectivity index (χ3n) is 5.52. The van der Waals surface area contributed by atoms with Crippen LogP contribution in [0.2, 0.25) is 0 Å². The van der Waals surface area contributed by atoms with Crippen LogP contribution in [0.3, 0.4) is 0 Å². The van der Waals surface area contributed by atoms with Gasteiger partial charge in [0, 0.05) is 23.7 Å². The molecule has 0 spiro atoms. The van der Waals surface area contributed by atoms with Gasteiger partial charge in [-0.15, -0.1) is 0 Å². The van der Waals surface area contributed by atoms with E-state index < -0.39 is 5.56 Å². The van der Waals surface area contributed by atoms with Crippen LogP contribution in [0, 0.1) is 11.8 Å². The summed E-state index contributed by atoms with van der Waals surface area (Å²) in [4.78, 5) is 17.8. The van der Waals surface area contributed by atoms with Gasteiger partial charge >= 0.3 is 0 Å². The third-order valence-corrected chi connectivity index (χ3v) is 5.52. The van der Waals surface area contributed by atoms with E-state index in [1.54, 1.807) is 0 Å². The largest absolute Gasteiger partial charge is 0.502 e. The van der Waals surface area contributed by atoms with E-state index in [4.69, 9.17) is 0 Å². The van der Waals surface area contributed by atoms with Gasteiger partial charge in [-0.2, -0.15) is 0 Å². The molecule has 6 nitrogen and oxygen atoms in total. The van der Waals surface area contributed by atoms with Crippen LogP contribution in [0.15, 0.2) is 59.7 Å². The molecular formula is C25H25N3O3. The molecule has 0 bridgehead atoms. The number of rotatable bonds is 6. The van der Waals surface area contributed by atoms with Gasteiger partial charge in [0.2, 0.25) is 5.75 Å². The number of aliphatic hydroxyl groups is 1. The van der Waals surface area contributed by atoms with Crippen molar-refractivity contribution in [2.45, 2.75) is 44.4 Å². The van der Waals surface area contributed by atoms with E-state index in [0.29, 0.717) is 24.6 Å². The number of aliphatic hydroxyl groups excluding tert-OH is 1. The van der Waals surface area contributed by atoms with Crippen molar-refractivity contribution in [2.24, 2.45) is 0 Å². The summed E-state index contributed by atoms with van der Waals surface area (Å²) in [5.74, 6) is 6.06. The zero-order chi connectivity index (χ0) is 21.6. The molecule has 0 unspecified atom stereocenters. The topological polar surface area (TPSA) is 98.2 Å². The van der Waals surface area contributed by atoms with Crippen molar-refractivity contribution in [3.05, 3.63) is 93.2 Å². The van der Waals surface area contributed by atoms with Crippen molar-refractivity contribution >= 4 is 0 Å². The molecule has 1 aromatic heterocycles. The maximum atomic E-state index is 11.4. The summed E-state index contributed by atoms with van der Waals surface area (Å²) in [5.41, 5.74) is 4.06. The highest BCUT2D eigenvalue weighted by Crippen LogP contribution is 2.19. The standard InChI is InChI=1S/C25H25N3O3/c29-22-13-21(14-22)26-15-20-9-7-18(8-10-20)2-1-17-3-5-19(6-4-17)11-12-23-24(30)25(31)28-16-27-23/h3-10,16,21-22,26,29-30H,11-15H2,(H,27,28,31). The normalized spacial score (nSPS) is 17.5. The lowest BCUT2D eigenvalue weighted by atomic mass is 9.89. The SMILES string of the molecule is O=c1[nH]cnc(CCc2ccc(C#Cc3ccc(CNC4CC(O)C4)cc3)cc2)c1O. The van der Waals surface area contributed by atoms with Gasteiger partial charge in [-0.25, -0.2) is 4.98 Å². The molecule has 4 N–H and O–H groups in total. The number of hydrogen-bond acceptors (Lipinski definition) is 5. The molecule has 1 heterocycles. The molecule has 6 heteroatoms. The number of aromatic hydroxyl groups is 1. The summed E-state index contributed by atoms with van der Waals surface area (Å²) in [6.45, 7) is 0.803. The maximum Gasteiger partial charge on any atom is 0.293 e. The van der Waals surface area contributed by atoms with Crippen LogP contribution in [-0.4, -0.2) is 32.3 Å². The zero-order valence-electron chi connectivity index (χ0n) is 17.1. The molecule has 0 atom stereocenters. The molecule has 0 radical (unpaired) electrons. The van der Waals surface area contributed by atoms with E-state index in [1.165, 1.54) is 11.9 Å². The van der Waals surface area contributed by atoms with Crippen LogP contribution in [0.4, 0.5) is 0 Å². The Hall–Kier alpha value is -3.40. The molecule has 4 rings (SSSR count). The maximum absolute atomic E-state index is 11.4. The minimum Gasteiger partial charge on any atom is -0.502 e. The molecular weight excluding hydrogens is 390 g/mol. The molecule has 0 amide bonds. The van der Waals surface area contributed by atoms with Gasteiger partial charge in [0.25, 0.3) is 5.56 Å². The molecule has 1 saturated carbocycles. The number of nitrogens with one attached hydrogen (secondary N) is 2. The highest BCUT2D eigenvalue weighted by Gasteiger charge is 2.26. The number of H-pyrrole nitrogens is 1. The lowest BCUT2D eigenvalue weighted by molar-refractivity contribution is 0.0619. The van der Waals surface area contributed by atoms with Crippen molar-refractivity contribution in [2.75, 3.05) is 0 Å². The van der Waals surface area contributed by atoms with Crippen molar-refractivity contribution in [3.8, 4) is 17.6 Å². The Morgan fingerprint density at radius 3 is 2.19 bits per heavy atom. The summed E-state index contributed by atoms with van der Waals surface area (Å²) in [7, 11) is 0. The highest BCUT2D eigenvalue weighted by molar-refractivity contribution is 5.44. The summed E-state index contributed by atoms with van der Waals surface area (Å²) in [6.07, 6.45) is 4.01. The number of benzene rings is 2. The minimum absolute atomic E-state index is 0.135. The fourth-order valence-electron chi connectivity index (χ4n) is 3.50. The molecule has 158 valence electrons. The van der Waals surface area contributed by atoms with Crippen LogP contribution in [0.25, 0.3) is 0 Å². The van der Waals surface area contributed by atoms with Crippen LogP contribution >= 0.6 is 0 Å². The van der Waals surface area contributed by atoms with E-state index in [9.17, 15) is 15.0 Å². The summed E-state index contributed by atoms with van der Waals surface area (Å²) in [6, 6.07) is 16.6. The van der Waals surface area contributed by atoms with Crippen molar-refractivity contribution in [3.63, 3.8) is 0 Å². The quantitative estimate of drug-likeness (QED) is 0.463. The van der Waals surface area contributed by atoms with Crippen LogP contribution in [0.5, 0.6) is 5.75 Å². The second-order valence-corrected chi connectivity index (χ2v) is 7.87. The van der Waals surface area contributed by atoms with Gasteiger partial charge in [-0.05, 0) is 61.1 Å².